The van der Waals surface area contributed by atoms with Crippen LogP contribution < -0.4 is 5.32 Å². The first-order valence-electron chi connectivity index (χ1n) is 4.95. The van der Waals surface area contributed by atoms with Crippen molar-refractivity contribution in [1.29, 1.82) is 0 Å². The predicted octanol–water partition coefficient (Wildman–Crippen LogP) is 1.40. The minimum Gasteiger partial charge on any atom is -0.308 e. The first-order chi connectivity index (χ1) is 7.36. The lowest BCUT2D eigenvalue weighted by Gasteiger charge is -2.03. The second-order valence-corrected chi connectivity index (χ2v) is 3.48. The molecular weight excluding hydrogens is 188 g/mol. The number of pyridine rings is 1. The van der Waals surface area contributed by atoms with E-state index in [1.165, 1.54) is 11.1 Å². The van der Waals surface area contributed by atoms with Crippen LogP contribution in [0.5, 0.6) is 0 Å². The van der Waals surface area contributed by atoms with Gasteiger partial charge >= 0.3 is 0 Å². The molecule has 2 N–H and O–H groups in total. The lowest BCUT2D eigenvalue weighted by molar-refractivity contribution is 0.690. The average molecular weight is 202 g/mol. The molecule has 0 aliphatic rings. The van der Waals surface area contributed by atoms with Crippen LogP contribution in [0.15, 0.2) is 30.7 Å². The minimum absolute atomic E-state index is 0.838. The van der Waals surface area contributed by atoms with Gasteiger partial charge in [0.1, 0.15) is 0 Å². The molecule has 0 saturated heterocycles. The summed E-state index contributed by atoms with van der Waals surface area (Å²) in [5.74, 6) is 0. The highest BCUT2D eigenvalue weighted by atomic mass is 15.1. The van der Waals surface area contributed by atoms with Gasteiger partial charge in [0.05, 0.1) is 6.20 Å². The summed E-state index contributed by atoms with van der Waals surface area (Å²) < 4.78 is 0. The van der Waals surface area contributed by atoms with Gasteiger partial charge in [0, 0.05) is 36.7 Å². The van der Waals surface area contributed by atoms with Crippen molar-refractivity contribution in [3.8, 4) is 0 Å². The van der Waals surface area contributed by atoms with E-state index in [2.05, 4.69) is 20.5 Å². The van der Waals surface area contributed by atoms with Crippen molar-refractivity contribution < 1.29 is 0 Å². The van der Waals surface area contributed by atoms with Crippen LogP contribution in [0.1, 0.15) is 16.8 Å². The van der Waals surface area contributed by atoms with Gasteiger partial charge in [0.25, 0.3) is 0 Å². The third-order valence-electron chi connectivity index (χ3n) is 2.33. The standard InChI is InChI=1S/C11H14N4/c1-9-11(8-14-15-9)7-13-6-10-2-4-12-5-3-10/h2-5,8,13H,6-7H2,1H3,(H,14,15). The van der Waals surface area contributed by atoms with E-state index in [-0.39, 0.29) is 0 Å². The van der Waals surface area contributed by atoms with Crippen LogP contribution in [0.25, 0.3) is 0 Å². The van der Waals surface area contributed by atoms with Crippen LogP contribution in [0.3, 0.4) is 0 Å². The zero-order valence-electron chi connectivity index (χ0n) is 8.70. The maximum Gasteiger partial charge on any atom is 0.0535 e. The summed E-state index contributed by atoms with van der Waals surface area (Å²) in [5.41, 5.74) is 3.58. The van der Waals surface area contributed by atoms with E-state index in [1.54, 1.807) is 12.4 Å². The fraction of sp³-hybridized carbons (Fsp3) is 0.273. The molecule has 0 spiro atoms. The number of aromatic amines is 1. The van der Waals surface area contributed by atoms with Gasteiger partial charge in [0.15, 0.2) is 0 Å². The van der Waals surface area contributed by atoms with Gasteiger partial charge in [-0.25, -0.2) is 0 Å². The second-order valence-electron chi connectivity index (χ2n) is 3.48. The fourth-order valence-corrected chi connectivity index (χ4v) is 1.40. The van der Waals surface area contributed by atoms with Crippen molar-refractivity contribution in [2.24, 2.45) is 0 Å². The number of aromatic nitrogens is 3. The predicted molar refractivity (Wildman–Crippen MR) is 58.1 cm³/mol. The van der Waals surface area contributed by atoms with Crippen LogP contribution in [-0.4, -0.2) is 15.2 Å². The SMILES string of the molecule is Cc1[nH]ncc1CNCc1ccncc1. The van der Waals surface area contributed by atoms with Crippen molar-refractivity contribution in [2.45, 2.75) is 20.0 Å². The Kier molecular flexibility index (Phi) is 3.09. The van der Waals surface area contributed by atoms with Crippen molar-refractivity contribution in [3.05, 3.63) is 47.5 Å². The Morgan fingerprint density at radius 1 is 1.27 bits per heavy atom. The van der Waals surface area contributed by atoms with Crippen molar-refractivity contribution in [1.82, 2.24) is 20.5 Å². The number of nitrogens with one attached hydrogen (secondary N) is 2. The molecule has 0 bridgehead atoms. The summed E-state index contributed by atoms with van der Waals surface area (Å²) in [4.78, 5) is 3.97. The third kappa shape index (κ3) is 2.63. The Labute approximate surface area is 88.8 Å². The first-order valence-corrected chi connectivity index (χ1v) is 4.95. The van der Waals surface area contributed by atoms with Crippen molar-refractivity contribution in [2.75, 3.05) is 0 Å². The van der Waals surface area contributed by atoms with Gasteiger partial charge < -0.3 is 5.32 Å². The quantitative estimate of drug-likeness (QED) is 0.788. The molecule has 0 aliphatic carbocycles. The molecule has 0 atom stereocenters. The Morgan fingerprint density at radius 3 is 2.73 bits per heavy atom. The van der Waals surface area contributed by atoms with Gasteiger partial charge in [0.2, 0.25) is 0 Å². The maximum absolute atomic E-state index is 3.97. The number of nitrogens with zero attached hydrogens (tertiary/aromatic N) is 2. The topological polar surface area (TPSA) is 53.6 Å². The number of hydrogen-bond donors (Lipinski definition) is 2. The summed E-state index contributed by atoms with van der Waals surface area (Å²) >= 11 is 0. The Hall–Kier alpha value is -1.68. The van der Waals surface area contributed by atoms with E-state index in [4.69, 9.17) is 0 Å². The molecule has 2 heterocycles. The molecule has 0 aliphatic heterocycles. The monoisotopic (exact) mass is 202 g/mol. The van der Waals surface area contributed by atoms with Crippen LogP contribution in [0.4, 0.5) is 0 Å². The highest BCUT2D eigenvalue weighted by Gasteiger charge is 1.98. The third-order valence-corrected chi connectivity index (χ3v) is 2.33. The van der Waals surface area contributed by atoms with Gasteiger partial charge in [-0.05, 0) is 24.6 Å². The summed E-state index contributed by atoms with van der Waals surface area (Å²) in [6.45, 7) is 3.72. The molecular formula is C11H14N4. The largest absolute Gasteiger partial charge is 0.308 e. The van der Waals surface area contributed by atoms with Crippen molar-refractivity contribution in [3.63, 3.8) is 0 Å². The fourth-order valence-electron chi connectivity index (χ4n) is 1.40. The molecule has 0 amide bonds. The second kappa shape index (κ2) is 4.70. The summed E-state index contributed by atoms with van der Waals surface area (Å²) in [6, 6.07) is 4.02. The molecule has 0 radical (unpaired) electrons. The lowest BCUT2D eigenvalue weighted by Crippen LogP contribution is -2.12. The van der Waals surface area contributed by atoms with E-state index in [9.17, 15) is 0 Å². The first kappa shape index (κ1) is 9.86. The molecule has 2 rings (SSSR count). The highest BCUT2D eigenvalue weighted by molar-refractivity contribution is 5.14. The minimum atomic E-state index is 0.838. The average Bonchev–Trinajstić information content (AvgIpc) is 2.66. The molecule has 15 heavy (non-hydrogen) atoms. The van der Waals surface area contributed by atoms with Gasteiger partial charge in [-0.3, -0.25) is 10.1 Å². The Morgan fingerprint density at radius 2 is 2.07 bits per heavy atom. The molecule has 2 aromatic heterocycles. The number of aryl methyl sites for hydroxylation is 1. The molecule has 2 aromatic rings. The zero-order chi connectivity index (χ0) is 10.5. The number of hydrogen-bond acceptors (Lipinski definition) is 3. The van der Waals surface area contributed by atoms with Crippen LogP contribution >= 0.6 is 0 Å². The maximum atomic E-state index is 3.97. The zero-order valence-corrected chi connectivity index (χ0v) is 8.70. The normalized spacial score (nSPS) is 10.5. The van der Waals surface area contributed by atoms with E-state index < -0.39 is 0 Å². The van der Waals surface area contributed by atoms with E-state index in [1.807, 2.05) is 25.3 Å². The van der Waals surface area contributed by atoms with E-state index in [0.29, 0.717) is 0 Å². The van der Waals surface area contributed by atoms with Crippen molar-refractivity contribution >= 4 is 0 Å². The lowest BCUT2D eigenvalue weighted by atomic mass is 10.2. The van der Waals surface area contributed by atoms with Gasteiger partial charge in [-0.1, -0.05) is 0 Å². The summed E-state index contributed by atoms with van der Waals surface area (Å²) in [7, 11) is 0. The van der Waals surface area contributed by atoms with E-state index in [0.717, 1.165) is 18.8 Å². The molecule has 0 fully saturated rings. The number of rotatable bonds is 4. The number of H-pyrrole nitrogens is 1. The Balaban J connectivity index is 1.83. The molecule has 0 saturated carbocycles. The molecule has 0 unspecified atom stereocenters. The van der Waals surface area contributed by atoms with Crippen LogP contribution in [0, 0.1) is 6.92 Å². The molecule has 4 heteroatoms. The van der Waals surface area contributed by atoms with Crippen LogP contribution in [-0.2, 0) is 13.1 Å². The van der Waals surface area contributed by atoms with Gasteiger partial charge in [-0.2, -0.15) is 5.10 Å². The Bertz CT molecular complexity index is 408. The van der Waals surface area contributed by atoms with E-state index >= 15 is 0 Å². The smallest absolute Gasteiger partial charge is 0.0535 e. The molecule has 0 aromatic carbocycles. The van der Waals surface area contributed by atoms with Gasteiger partial charge in [-0.15, -0.1) is 0 Å². The highest BCUT2D eigenvalue weighted by Crippen LogP contribution is 2.02. The summed E-state index contributed by atoms with van der Waals surface area (Å²) in [5, 5.41) is 10.2. The van der Waals surface area contributed by atoms with Crippen LogP contribution in [0.2, 0.25) is 0 Å². The molecule has 4 nitrogen and oxygen atoms in total. The summed E-state index contributed by atoms with van der Waals surface area (Å²) in [6.07, 6.45) is 5.47. The molecule has 78 valence electrons.